The minimum absolute atomic E-state index is 0.350. The summed E-state index contributed by atoms with van der Waals surface area (Å²) < 4.78 is 11.5. The summed E-state index contributed by atoms with van der Waals surface area (Å²) in [5.74, 6) is 2.00. The Morgan fingerprint density at radius 2 is 2.00 bits per heavy atom. The summed E-state index contributed by atoms with van der Waals surface area (Å²) in [6.07, 6.45) is 6.84. The first-order valence-corrected chi connectivity index (χ1v) is 9.14. The van der Waals surface area contributed by atoms with Crippen LogP contribution < -0.4 is 9.47 Å². The van der Waals surface area contributed by atoms with Crippen molar-refractivity contribution >= 4 is 5.78 Å². The van der Waals surface area contributed by atoms with Gasteiger partial charge in [0.2, 0.25) is 0 Å². The number of nitrogens with zero attached hydrogens (tertiary/aromatic N) is 1. The summed E-state index contributed by atoms with van der Waals surface area (Å²) in [6.45, 7) is 1.06. The lowest BCUT2D eigenvalue weighted by Crippen LogP contribution is -2.46. The van der Waals surface area contributed by atoms with Crippen LogP contribution in [0.15, 0.2) is 6.07 Å². The van der Waals surface area contributed by atoms with Crippen molar-refractivity contribution in [2.75, 3.05) is 27.8 Å². The minimum atomic E-state index is -0.350. The molecule has 4 heteroatoms. The van der Waals surface area contributed by atoms with Crippen LogP contribution in [0.25, 0.3) is 0 Å². The predicted octanol–water partition coefficient (Wildman–Crippen LogP) is 3.41. The number of benzene rings is 1. The van der Waals surface area contributed by atoms with E-state index in [0.717, 1.165) is 62.1 Å². The van der Waals surface area contributed by atoms with Gasteiger partial charge in [-0.05, 0) is 56.3 Å². The number of fused-ring (bicyclic) bond motifs is 1. The fourth-order valence-corrected chi connectivity index (χ4v) is 5.29. The van der Waals surface area contributed by atoms with Crippen molar-refractivity contribution in [2.24, 2.45) is 0 Å². The zero-order valence-corrected chi connectivity index (χ0v) is 15.0. The second-order valence-electron chi connectivity index (χ2n) is 7.56. The molecule has 24 heavy (non-hydrogen) atoms. The standard InChI is InChI=1S/C20H27NO3/c1-21-11-8-13-12-15(23-2)19(24-3)18-17(13)14(21)7-10-20(18)9-5-4-6-16(20)22/h12,14H,4-11H2,1-3H3. The first-order chi connectivity index (χ1) is 11.6. The molecule has 3 aliphatic rings. The number of likely N-dealkylation sites (N-methyl/N-ethyl adjacent to an activating group) is 1. The smallest absolute Gasteiger partial charge is 0.165 e. The van der Waals surface area contributed by atoms with E-state index in [0.29, 0.717) is 18.2 Å². The minimum Gasteiger partial charge on any atom is -0.493 e. The van der Waals surface area contributed by atoms with Gasteiger partial charge in [0.1, 0.15) is 5.78 Å². The van der Waals surface area contributed by atoms with Crippen molar-refractivity contribution < 1.29 is 14.3 Å². The molecule has 0 amide bonds. The van der Waals surface area contributed by atoms with Crippen LogP contribution in [-0.4, -0.2) is 38.5 Å². The normalized spacial score (nSPS) is 29.5. The first kappa shape index (κ1) is 15.9. The number of carbonyl (C=O) groups is 1. The molecule has 1 heterocycles. The predicted molar refractivity (Wildman–Crippen MR) is 93.0 cm³/mol. The SMILES string of the molecule is COc1cc2c3c(c1OC)C1(CCCCC1=O)CCC3N(C)CC2. The van der Waals surface area contributed by atoms with E-state index in [9.17, 15) is 4.79 Å². The van der Waals surface area contributed by atoms with E-state index in [2.05, 4.69) is 18.0 Å². The topological polar surface area (TPSA) is 38.8 Å². The Bertz CT molecular complexity index is 684. The molecule has 1 fully saturated rings. The van der Waals surface area contributed by atoms with Crippen molar-refractivity contribution in [3.05, 3.63) is 22.8 Å². The summed E-state index contributed by atoms with van der Waals surface area (Å²) in [6, 6.07) is 2.55. The molecule has 0 saturated heterocycles. The van der Waals surface area contributed by atoms with E-state index in [1.54, 1.807) is 14.2 Å². The van der Waals surface area contributed by atoms with Gasteiger partial charge in [-0.2, -0.15) is 0 Å². The van der Waals surface area contributed by atoms with Crippen LogP contribution in [0.3, 0.4) is 0 Å². The van der Waals surface area contributed by atoms with Crippen LogP contribution in [0.1, 0.15) is 61.3 Å². The molecule has 0 bridgehead atoms. The number of methoxy groups -OCH3 is 2. The average molecular weight is 329 g/mol. The highest BCUT2D eigenvalue weighted by atomic mass is 16.5. The van der Waals surface area contributed by atoms with Gasteiger partial charge in [-0.1, -0.05) is 6.42 Å². The van der Waals surface area contributed by atoms with E-state index in [-0.39, 0.29) is 5.41 Å². The fourth-order valence-electron chi connectivity index (χ4n) is 5.29. The molecule has 1 saturated carbocycles. The van der Waals surface area contributed by atoms with E-state index in [1.807, 2.05) is 0 Å². The highest BCUT2D eigenvalue weighted by Crippen LogP contribution is 2.56. The van der Waals surface area contributed by atoms with Gasteiger partial charge in [-0.25, -0.2) is 0 Å². The summed E-state index contributed by atoms with van der Waals surface area (Å²) in [4.78, 5) is 15.5. The maximum Gasteiger partial charge on any atom is 0.165 e. The van der Waals surface area contributed by atoms with Crippen molar-refractivity contribution in [3.8, 4) is 11.5 Å². The number of hydrogen-bond donors (Lipinski definition) is 0. The molecular weight excluding hydrogens is 302 g/mol. The molecule has 0 aromatic heterocycles. The second kappa shape index (κ2) is 5.76. The number of rotatable bonds is 2. The number of ketones is 1. The van der Waals surface area contributed by atoms with Crippen LogP contribution in [0.2, 0.25) is 0 Å². The zero-order chi connectivity index (χ0) is 16.9. The average Bonchev–Trinajstić information content (AvgIpc) is 2.61. The molecule has 2 atom stereocenters. The highest BCUT2D eigenvalue weighted by molar-refractivity contribution is 5.93. The van der Waals surface area contributed by atoms with E-state index < -0.39 is 0 Å². The Morgan fingerprint density at radius 3 is 2.71 bits per heavy atom. The third-order valence-electron chi connectivity index (χ3n) is 6.51. The number of hydrogen-bond acceptors (Lipinski definition) is 4. The van der Waals surface area contributed by atoms with Crippen molar-refractivity contribution in [2.45, 2.75) is 56.4 Å². The first-order valence-electron chi connectivity index (χ1n) is 9.14. The summed E-state index contributed by atoms with van der Waals surface area (Å²) in [7, 11) is 5.61. The van der Waals surface area contributed by atoms with E-state index in [4.69, 9.17) is 9.47 Å². The second-order valence-corrected chi connectivity index (χ2v) is 7.56. The van der Waals surface area contributed by atoms with E-state index in [1.165, 1.54) is 11.1 Å². The highest BCUT2D eigenvalue weighted by Gasteiger charge is 2.50. The van der Waals surface area contributed by atoms with Crippen LogP contribution in [0.4, 0.5) is 0 Å². The maximum atomic E-state index is 13.1. The molecule has 0 radical (unpaired) electrons. The van der Waals surface area contributed by atoms with Crippen LogP contribution in [0.5, 0.6) is 11.5 Å². The van der Waals surface area contributed by atoms with Gasteiger partial charge in [0.15, 0.2) is 11.5 Å². The third kappa shape index (κ3) is 2.05. The van der Waals surface area contributed by atoms with Gasteiger partial charge in [0, 0.05) is 24.6 Å². The molecule has 4 nitrogen and oxygen atoms in total. The molecule has 1 aromatic carbocycles. The number of ether oxygens (including phenoxy) is 2. The summed E-state index contributed by atoms with van der Waals surface area (Å²) in [5, 5.41) is 0. The lowest BCUT2D eigenvalue weighted by atomic mass is 9.59. The zero-order valence-electron chi connectivity index (χ0n) is 15.0. The Morgan fingerprint density at radius 1 is 1.17 bits per heavy atom. The third-order valence-corrected chi connectivity index (χ3v) is 6.51. The molecule has 4 rings (SSSR count). The molecule has 1 aliphatic heterocycles. The number of Topliss-reactive ketones (excluding diaryl/α,β-unsaturated/α-hetero) is 1. The van der Waals surface area contributed by atoms with Gasteiger partial charge < -0.3 is 9.47 Å². The largest absolute Gasteiger partial charge is 0.493 e. The Hall–Kier alpha value is -1.55. The van der Waals surface area contributed by atoms with Gasteiger partial charge >= 0.3 is 0 Å². The number of carbonyl (C=O) groups excluding carboxylic acids is 1. The molecule has 2 aliphatic carbocycles. The van der Waals surface area contributed by atoms with Crippen molar-refractivity contribution in [1.29, 1.82) is 0 Å². The maximum absolute atomic E-state index is 13.1. The van der Waals surface area contributed by atoms with Crippen LogP contribution >= 0.6 is 0 Å². The van der Waals surface area contributed by atoms with Crippen LogP contribution in [0, 0.1) is 0 Å². The van der Waals surface area contributed by atoms with Crippen molar-refractivity contribution in [3.63, 3.8) is 0 Å². The van der Waals surface area contributed by atoms with E-state index >= 15 is 0 Å². The quantitative estimate of drug-likeness (QED) is 0.833. The Kier molecular flexibility index (Phi) is 3.83. The molecule has 0 N–H and O–H groups in total. The van der Waals surface area contributed by atoms with Gasteiger partial charge in [0.05, 0.1) is 19.6 Å². The molecule has 130 valence electrons. The molecule has 1 spiro atoms. The monoisotopic (exact) mass is 329 g/mol. The van der Waals surface area contributed by atoms with Gasteiger partial charge in [-0.15, -0.1) is 0 Å². The molecule has 1 aromatic rings. The van der Waals surface area contributed by atoms with Gasteiger partial charge in [-0.3, -0.25) is 9.69 Å². The molecule has 2 unspecified atom stereocenters. The summed E-state index contributed by atoms with van der Waals surface area (Å²) >= 11 is 0. The Balaban J connectivity index is 2.02. The lowest BCUT2D eigenvalue weighted by molar-refractivity contribution is -0.127. The van der Waals surface area contributed by atoms with Gasteiger partial charge in [0.25, 0.3) is 0 Å². The summed E-state index contributed by atoms with van der Waals surface area (Å²) in [5.41, 5.74) is 3.52. The fraction of sp³-hybridized carbons (Fsp3) is 0.650. The van der Waals surface area contributed by atoms with Crippen LogP contribution in [-0.2, 0) is 16.6 Å². The lowest BCUT2D eigenvalue weighted by Gasteiger charge is -2.48. The van der Waals surface area contributed by atoms with Crippen molar-refractivity contribution in [1.82, 2.24) is 4.90 Å². The Labute approximate surface area is 144 Å². The molecular formula is C20H27NO3.